The highest BCUT2D eigenvalue weighted by atomic mass is 17.0. The molecule has 1 unspecified atom stereocenters. The molecule has 2 N–H and O–H groups in total. The van der Waals surface area contributed by atoms with E-state index in [2.05, 4.69) is 10.2 Å². The molecule has 8 heteroatoms. The SMILES string of the molecule is CC(O[N+](=O)[O-])C1CCNCC1.CN(C)CC(=O)O. The van der Waals surface area contributed by atoms with Crippen LogP contribution in [-0.2, 0) is 9.63 Å². The van der Waals surface area contributed by atoms with Gasteiger partial charge in [0.1, 0.15) is 6.10 Å². The average Bonchev–Trinajstić information content (AvgIpc) is 2.28. The summed E-state index contributed by atoms with van der Waals surface area (Å²) in [4.78, 5) is 25.9. The summed E-state index contributed by atoms with van der Waals surface area (Å²) in [6.07, 6.45) is 1.67. The topological polar surface area (TPSA) is 105 Å². The van der Waals surface area contributed by atoms with E-state index in [1.54, 1.807) is 25.9 Å². The lowest BCUT2D eigenvalue weighted by Crippen LogP contribution is -2.34. The van der Waals surface area contributed by atoms with Crippen molar-refractivity contribution in [3.63, 3.8) is 0 Å². The minimum Gasteiger partial charge on any atom is -0.480 e. The molecular formula is C11H23N3O5. The van der Waals surface area contributed by atoms with Crippen LogP contribution in [0, 0.1) is 16.0 Å². The zero-order chi connectivity index (χ0) is 14.8. The molecule has 1 rings (SSSR count). The van der Waals surface area contributed by atoms with Crippen LogP contribution in [0.1, 0.15) is 19.8 Å². The minimum absolute atomic E-state index is 0.111. The molecule has 0 aromatic carbocycles. The quantitative estimate of drug-likeness (QED) is 0.547. The van der Waals surface area contributed by atoms with Crippen molar-refractivity contribution in [3.8, 4) is 0 Å². The highest BCUT2D eigenvalue weighted by Crippen LogP contribution is 2.18. The molecule has 1 aliphatic rings. The number of carboxylic acid groups (broad SMARTS) is 1. The molecular weight excluding hydrogens is 254 g/mol. The van der Waals surface area contributed by atoms with E-state index in [1.165, 1.54) is 0 Å². The van der Waals surface area contributed by atoms with Gasteiger partial charge in [0.05, 0.1) is 6.54 Å². The first-order chi connectivity index (χ1) is 8.82. The van der Waals surface area contributed by atoms with Crippen LogP contribution in [0.2, 0.25) is 0 Å². The predicted octanol–water partition coefficient (Wildman–Crippen LogP) is 0.215. The van der Waals surface area contributed by atoms with Gasteiger partial charge in [-0.3, -0.25) is 9.69 Å². The van der Waals surface area contributed by atoms with Crippen molar-refractivity contribution >= 4 is 5.97 Å². The van der Waals surface area contributed by atoms with Gasteiger partial charge in [-0.25, -0.2) is 0 Å². The van der Waals surface area contributed by atoms with Crippen LogP contribution >= 0.6 is 0 Å². The lowest BCUT2D eigenvalue weighted by atomic mass is 9.93. The Labute approximate surface area is 112 Å². The maximum absolute atomic E-state index is 10.0. The molecule has 8 nitrogen and oxygen atoms in total. The standard InChI is InChI=1S/C7H14N2O3.C4H9NO2/c1-6(12-9(10)11)7-2-4-8-5-3-7;1-5(2)3-4(6)7/h6-8H,2-5H2,1H3;3H2,1-2H3,(H,6,7). The van der Waals surface area contributed by atoms with Crippen molar-refractivity contribution < 1.29 is 19.8 Å². The second kappa shape index (κ2) is 9.51. The Balaban J connectivity index is 0.000000399. The van der Waals surface area contributed by atoms with E-state index in [1.807, 2.05) is 0 Å². The molecule has 1 atom stereocenters. The smallest absolute Gasteiger partial charge is 0.317 e. The second-order valence-corrected chi connectivity index (χ2v) is 4.75. The van der Waals surface area contributed by atoms with E-state index in [4.69, 9.17) is 5.11 Å². The number of hydrogen-bond acceptors (Lipinski definition) is 6. The maximum Gasteiger partial charge on any atom is 0.317 e. The van der Waals surface area contributed by atoms with Crippen LogP contribution in [0.15, 0.2) is 0 Å². The van der Waals surface area contributed by atoms with Gasteiger partial charge in [-0.2, -0.15) is 0 Å². The Bertz CT molecular complexity index is 280. The summed E-state index contributed by atoms with van der Waals surface area (Å²) in [5.74, 6) is -0.457. The normalized spacial score (nSPS) is 17.3. The number of rotatable bonds is 5. The van der Waals surface area contributed by atoms with Crippen LogP contribution in [0.25, 0.3) is 0 Å². The molecule has 0 bridgehead atoms. The van der Waals surface area contributed by atoms with Crippen LogP contribution in [0.3, 0.4) is 0 Å². The largest absolute Gasteiger partial charge is 0.480 e. The van der Waals surface area contributed by atoms with Gasteiger partial charge in [-0.15, -0.1) is 10.1 Å². The first kappa shape index (κ1) is 17.6. The molecule has 1 aliphatic heterocycles. The monoisotopic (exact) mass is 277 g/mol. The molecule has 0 radical (unpaired) electrons. The molecule has 0 aromatic heterocycles. The fourth-order valence-electron chi connectivity index (χ4n) is 1.81. The van der Waals surface area contributed by atoms with Gasteiger partial charge >= 0.3 is 5.97 Å². The van der Waals surface area contributed by atoms with Gasteiger partial charge in [0.25, 0.3) is 5.09 Å². The summed E-state index contributed by atoms with van der Waals surface area (Å²) in [6.45, 7) is 3.75. The highest BCUT2D eigenvalue weighted by Gasteiger charge is 2.22. The van der Waals surface area contributed by atoms with Crippen LogP contribution < -0.4 is 5.32 Å². The van der Waals surface area contributed by atoms with Gasteiger partial charge in [0.15, 0.2) is 0 Å². The zero-order valence-corrected chi connectivity index (χ0v) is 11.7. The number of carboxylic acids is 1. The third-order valence-corrected chi connectivity index (χ3v) is 2.75. The zero-order valence-electron chi connectivity index (χ0n) is 11.7. The fraction of sp³-hybridized carbons (Fsp3) is 0.909. The molecule has 112 valence electrons. The van der Waals surface area contributed by atoms with Gasteiger partial charge in [-0.05, 0) is 52.9 Å². The first-order valence-corrected chi connectivity index (χ1v) is 6.21. The third-order valence-electron chi connectivity index (χ3n) is 2.75. The number of carbonyl (C=O) groups is 1. The summed E-state index contributed by atoms with van der Waals surface area (Å²) in [5.41, 5.74) is 0. The molecule has 1 heterocycles. The van der Waals surface area contributed by atoms with E-state index in [0.717, 1.165) is 25.9 Å². The van der Waals surface area contributed by atoms with E-state index in [0.29, 0.717) is 5.92 Å². The Morgan fingerprint density at radius 2 is 2.05 bits per heavy atom. The Morgan fingerprint density at radius 3 is 2.37 bits per heavy atom. The predicted molar refractivity (Wildman–Crippen MR) is 69.3 cm³/mol. The van der Waals surface area contributed by atoms with Gasteiger partial charge < -0.3 is 15.3 Å². The van der Waals surface area contributed by atoms with Crippen molar-refractivity contribution in [3.05, 3.63) is 10.1 Å². The number of nitrogens with zero attached hydrogens (tertiary/aromatic N) is 2. The number of piperidine rings is 1. The number of aliphatic carboxylic acids is 1. The Hall–Kier alpha value is -1.41. The summed E-state index contributed by atoms with van der Waals surface area (Å²) in [6, 6.07) is 0. The average molecular weight is 277 g/mol. The van der Waals surface area contributed by atoms with Crippen LogP contribution in [0.5, 0.6) is 0 Å². The number of likely N-dealkylation sites (N-methyl/N-ethyl adjacent to an activating group) is 1. The van der Waals surface area contributed by atoms with Crippen LogP contribution in [-0.4, -0.2) is 60.9 Å². The lowest BCUT2D eigenvalue weighted by molar-refractivity contribution is -0.769. The van der Waals surface area contributed by atoms with E-state index in [-0.39, 0.29) is 12.6 Å². The van der Waals surface area contributed by atoms with Crippen molar-refractivity contribution in [2.24, 2.45) is 5.92 Å². The Morgan fingerprint density at radius 1 is 1.53 bits per heavy atom. The maximum atomic E-state index is 10.0. The van der Waals surface area contributed by atoms with Gasteiger partial charge in [0.2, 0.25) is 0 Å². The van der Waals surface area contributed by atoms with Crippen LogP contribution in [0.4, 0.5) is 0 Å². The van der Waals surface area contributed by atoms with Crippen molar-refractivity contribution in [2.75, 3.05) is 33.7 Å². The highest BCUT2D eigenvalue weighted by molar-refractivity contribution is 5.68. The van der Waals surface area contributed by atoms with E-state index in [9.17, 15) is 14.9 Å². The van der Waals surface area contributed by atoms with E-state index < -0.39 is 11.1 Å². The summed E-state index contributed by atoms with van der Waals surface area (Å²) in [5, 5.41) is 20.6. The Kier molecular flexibility index (Phi) is 8.81. The van der Waals surface area contributed by atoms with E-state index >= 15 is 0 Å². The molecule has 0 aliphatic carbocycles. The molecule has 1 saturated heterocycles. The van der Waals surface area contributed by atoms with Crippen molar-refractivity contribution in [1.82, 2.24) is 10.2 Å². The number of nitrogens with one attached hydrogen (secondary N) is 1. The van der Waals surface area contributed by atoms with Crippen molar-refractivity contribution in [2.45, 2.75) is 25.9 Å². The molecule has 19 heavy (non-hydrogen) atoms. The number of hydrogen-bond donors (Lipinski definition) is 2. The fourth-order valence-corrected chi connectivity index (χ4v) is 1.81. The molecule has 1 fully saturated rings. The molecule has 0 amide bonds. The summed E-state index contributed by atoms with van der Waals surface area (Å²) >= 11 is 0. The summed E-state index contributed by atoms with van der Waals surface area (Å²) < 4.78 is 0. The third kappa shape index (κ3) is 10.2. The molecule has 0 spiro atoms. The molecule has 0 saturated carbocycles. The minimum atomic E-state index is -0.787. The van der Waals surface area contributed by atoms with Crippen molar-refractivity contribution in [1.29, 1.82) is 0 Å². The lowest BCUT2D eigenvalue weighted by Gasteiger charge is -2.26. The summed E-state index contributed by atoms with van der Waals surface area (Å²) in [7, 11) is 3.43. The second-order valence-electron chi connectivity index (χ2n) is 4.75. The first-order valence-electron chi connectivity index (χ1n) is 6.21. The molecule has 0 aromatic rings. The van der Waals surface area contributed by atoms with Gasteiger partial charge in [0, 0.05) is 0 Å². The van der Waals surface area contributed by atoms with Gasteiger partial charge in [-0.1, -0.05) is 0 Å².